The number of hydrogen-bond donors (Lipinski definition) is 1. The Morgan fingerprint density at radius 1 is 0.938 bits per heavy atom. The van der Waals surface area contributed by atoms with Crippen LogP contribution < -0.4 is 19.7 Å². The van der Waals surface area contributed by atoms with Crippen LogP contribution in [0.15, 0.2) is 66.7 Å². The highest BCUT2D eigenvalue weighted by Gasteiger charge is 2.20. The molecule has 2 heterocycles. The van der Waals surface area contributed by atoms with E-state index < -0.39 is 0 Å². The third-order valence-electron chi connectivity index (χ3n) is 5.80. The van der Waals surface area contributed by atoms with Crippen LogP contribution in [0.1, 0.15) is 16.2 Å². The van der Waals surface area contributed by atoms with Crippen LogP contribution in [0.5, 0.6) is 11.5 Å². The first-order valence-electron chi connectivity index (χ1n) is 10.5. The lowest BCUT2D eigenvalue weighted by atomic mass is 10.1. The van der Waals surface area contributed by atoms with Gasteiger partial charge in [-0.3, -0.25) is 4.79 Å². The molecule has 4 aromatic rings. The molecule has 0 saturated carbocycles. The molecule has 162 valence electrons. The average molecular weight is 428 g/mol. The summed E-state index contributed by atoms with van der Waals surface area (Å²) in [4.78, 5) is 19.8. The Bertz CT molecular complexity index is 1280. The van der Waals surface area contributed by atoms with Crippen LogP contribution in [0.4, 0.5) is 11.4 Å². The molecule has 0 aliphatic carbocycles. The fraction of sp³-hybridized carbons (Fsp3) is 0.200. The van der Waals surface area contributed by atoms with Gasteiger partial charge in [0.25, 0.3) is 5.91 Å². The SMILES string of the molecule is COc1ccc(C(=O)Nc2ccc(N3CCn4c(nc5ccccc54)C3)cc2)cc1OC. The zero-order valence-corrected chi connectivity index (χ0v) is 18.0. The first-order chi connectivity index (χ1) is 15.7. The lowest BCUT2D eigenvalue weighted by Crippen LogP contribution is -2.33. The standard InChI is InChI=1S/C25H24N4O3/c1-31-22-12-7-17(15-23(22)32-2)25(30)26-18-8-10-19(11-9-18)28-13-14-29-21-6-4-3-5-20(21)27-24(29)16-28/h3-12,15H,13-14,16H2,1-2H3,(H,26,30). The maximum atomic E-state index is 12.7. The van der Waals surface area contributed by atoms with Crippen molar-refractivity contribution in [2.75, 3.05) is 31.0 Å². The molecule has 0 atom stereocenters. The number of nitrogens with one attached hydrogen (secondary N) is 1. The van der Waals surface area contributed by atoms with Crippen molar-refractivity contribution in [2.45, 2.75) is 13.1 Å². The largest absolute Gasteiger partial charge is 0.493 e. The van der Waals surface area contributed by atoms with Crippen molar-refractivity contribution in [3.63, 3.8) is 0 Å². The second kappa shape index (κ2) is 8.26. The van der Waals surface area contributed by atoms with Crippen molar-refractivity contribution in [1.29, 1.82) is 0 Å². The molecule has 7 heteroatoms. The van der Waals surface area contributed by atoms with Crippen LogP contribution in [-0.2, 0) is 13.1 Å². The highest BCUT2D eigenvalue weighted by atomic mass is 16.5. The lowest BCUT2D eigenvalue weighted by Gasteiger charge is -2.30. The Morgan fingerprint density at radius 3 is 2.50 bits per heavy atom. The van der Waals surface area contributed by atoms with E-state index in [1.165, 1.54) is 5.52 Å². The third-order valence-corrected chi connectivity index (χ3v) is 5.80. The van der Waals surface area contributed by atoms with Gasteiger partial charge in [0.1, 0.15) is 5.82 Å². The lowest BCUT2D eigenvalue weighted by molar-refractivity contribution is 0.102. The summed E-state index contributed by atoms with van der Waals surface area (Å²) in [6.45, 7) is 2.56. The molecule has 5 rings (SSSR count). The van der Waals surface area contributed by atoms with Gasteiger partial charge >= 0.3 is 0 Å². The van der Waals surface area contributed by atoms with E-state index in [-0.39, 0.29) is 5.91 Å². The molecule has 1 aliphatic rings. The van der Waals surface area contributed by atoms with Gasteiger partial charge in [-0.05, 0) is 54.6 Å². The van der Waals surface area contributed by atoms with Crippen LogP contribution in [0.2, 0.25) is 0 Å². The predicted molar refractivity (Wildman–Crippen MR) is 125 cm³/mol. The van der Waals surface area contributed by atoms with Gasteiger partial charge in [0, 0.05) is 30.0 Å². The van der Waals surface area contributed by atoms with Gasteiger partial charge in [0.05, 0.1) is 31.8 Å². The smallest absolute Gasteiger partial charge is 0.255 e. The number of benzene rings is 3. The molecule has 3 aromatic carbocycles. The summed E-state index contributed by atoms with van der Waals surface area (Å²) in [6, 6.07) is 21.3. The third kappa shape index (κ3) is 3.62. The van der Waals surface area contributed by atoms with E-state index in [4.69, 9.17) is 14.5 Å². The minimum atomic E-state index is -0.203. The summed E-state index contributed by atoms with van der Waals surface area (Å²) >= 11 is 0. The first-order valence-corrected chi connectivity index (χ1v) is 10.5. The number of aromatic nitrogens is 2. The van der Waals surface area contributed by atoms with Gasteiger partial charge in [-0.15, -0.1) is 0 Å². The van der Waals surface area contributed by atoms with E-state index >= 15 is 0 Å². The number of nitrogens with zero attached hydrogens (tertiary/aromatic N) is 3. The summed E-state index contributed by atoms with van der Waals surface area (Å²) in [5, 5.41) is 2.94. The number of ether oxygens (including phenoxy) is 2. The highest BCUT2D eigenvalue weighted by Crippen LogP contribution is 2.29. The van der Waals surface area contributed by atoms with Gasteiger partial charge in [-0.1, -0.05) is 12.1 Å². The second-order valence-electron chi connectivity index (χ2n) is 7.66. The number of anilines is 2. The molecule has 1 aliphatic heterocycles. The monoisotopic (exact) mass is 428 g/mol. The van der Waals surface area contributed by atoms with Crippen LogP contribution in [0.3, 0.4) is 0 Å². The molecule has 0 fully saturated rings. The van der Waals surface area contributed by atoms with Gasteiger partial charge in [-0.25, -0.2) is 4.98 Å². The van der Waals surface area contributed by atoms with E-state index in [1.807, 2.05) is 30.3 Å². The van der Waals surface area contributed by atoms with Crippen molar-refractivity contribution < 1.29 is 14.3 Å². The van der Waals surface area contributed by atoms with Crippen molar-refractivity contribution in [3.8, 4) is 11.5 Å². The first kappa shape index (κ1) is 19.9. The fourth-order valence-corrected chi connectivity index (χ4v) is 4.12. The van der Waals surface area contributed by atoms with E-state index in [2.05, 4.69) is 33.0 Å². The zero-order valence-electron chi connectivity index (χ0n) is 18.0. The molecule has 1 amide bonds. The molecule has 7 nitrogen and oxygen atoms in total. The minimum absolute atomic E-state index is 0.203. The van der Waals surface area contributed by atoms with Gasteiger partial charge < -0.3 is 24.3 Å². The number of imidazole rings is 1. The Morgan fingerprint density at radius 2 is 1.72 bits per heavy atom. The summed E-state index contributed by atoms with van der Waals surface area (Å²) in [5.74, 6) is 1.98. The number of fused-ring (bicyclic) bond motifs is 3. The number of rotatable bonds is 5. The van der Waals surface area contributed by atoms with Crippen molar-refractivity contribution in [2.24, 2.45) is 0 Å². The molecule has 1 aromatic heterocycles. The number of carbonyl (C=O) groups is 1. The van der Waals surface area contributed by atoms with Crippen LogP contribution in [0.25, 0.3) is 11.0 Å². The van der Waals surface area contributed by atoms with Gasteiger partial charge in [0.2, 0.25) is 0 Å². The maximum absolute atomic E-state index is 12.7. The van der Waals surface area contributed by atoms with Gasteiger partial charge in [-0.2, -0.15) is 0 Å². The second-order valence-corrected chi connectivity index (χ2v) is 7.66. The Hall–Kier alpha value is -4.00. The van der Waals surface area contributed by atoms with Crippen molar-refractivity contribution >= 4 is 28.3 Å². The average Bonchev–Trinajstić information content (AvgIpc) is 3.22. The molecule has 0 saturated heterocycles. The molecule has 0 unspecified atom stereocenters. The number of para-hydroxylation sites is 2. The molecular weight excluding hydrogens is 404 g/mol. The van der Waals surface area contributed by atoms with E-state index in [0.29, 0.717) is 17.1 Å². The normalized spacial score (nSPS) is 13.0. The molecule has 0 bridgehead atoms. The van der Waals surface area contributed by atoms with E-state index in [9.17, 15) is 4.79 Å². The van der Waals surface area contributed by atoms with E-state index in [1.54, 1.807) is 32.4 Å². The Balaban J connectivity index is 1.29. The summed E-state index contributed by atoms with van der Waals surface area (Å²) in [6.07, 6.45) is 0. The van der Waals surface area contributed by atoms with Gasteiger partial charge in [0.15, 0.2) is 11.5 Å². The summed E-state index contributed by atoms with van der Waals surface area (Å²) < 4.78 is 12.8. The van der Waals surface area contributed by atoms with Crippen LogP contribution in [-0.4, -0.2) is 36.2 Å². The Labute approximate surface area is 186 Å². The summed E-state index contributed by atoms with van der Waals surface area (Å²) in [5.41, 5.74) is 4.57. The zero-order chi connectivity index (χ0) is 22.1. The maximum Gasteiger partial charge on any atom is 0.255 e. The number of methoxy groups -OCH3 is 2. The van der Waals surface area contributed by atoms with E-state index in [0.717, 1.165) is 42.4 Å². The highest BCUT2D eigenvalue weighted by molar-refractivity contribution is 6.04. The fourth-order valence-electron chi connectivity index (χ4n) is 4.12. The quantitative estimate of drug-likeness (QED) is 0.513. The number of amides is 1. The molecule has 1 N–H and O–H groups in total. The molecule has 0 radical (unpaired) electrons. The number of hydrogen-bond acceptors (Lipinski definition) is 5. The summed E-state index contributed by atoms with van der Waals surface area (Å²) in [7, 11) is 3.12. The molecule has 0 spiro atoms. The molecular formula is C25H24N4O3. The van der Waals surface area contributed by atoms with Crippen molar-refractivity contribution in [3.05, 3.63) is 78.1 Å². The van der Waals surface area contributed by atoms with Crippen molar-refractivity contribution in [1.82, 2.24) is 9.55 Å². The topological polar surface area (TPSA) is 68.6 Å². The van der Waals surface area contributed by atoms with Crippen LogP contribution >= 0.6 is 0 Å². The Kier molecular flexibility index (Phi) is 5.15. The van der Waals surface area contributed by atoms with Crippen LogP contribution in [0, 0.1) is 0 Å². The predicted octanol–water partition coefficient (Wildman–Crippen LogP) is 4.33. The minimum Gasteiger partial charge on any atom is -0.493 e. The number of carbonyl (C=O) groups excluding carboxylic acids is 1. The molecule has 32 heavy (non-hydrogen) atoms.